The topological polar surface area (TPSA) is 98.1 Å². The molecule has 0 spiro atoms. The zero-order valence-corrected chi connectivity index (χ0v) is 7.96. The molecule has 0 aliphatic heterocycles. The van der Waals surface area contributed by atoms with Gasteiger partial charge in [-0.1, -0.05) is 0 Å². The van der Waals surface area contributed by atoms with Crippen molar-refractivity contribution < 1.29 is 9.53 Å². The Labute approximate surface area is 80.1 Å². The quantitative estimate of drug-likeness (QED) is 0.615. The average Bonchev–Trinajstić information content (AvgIpc) is 2.10. The van der Waals surface area contributed by atoms with E-state index in [0.717, 1.165) is 0 Å². The number of hydrogen-bond donors (Lipinski definition) is 2. The van der Waals surface area contributed by atoms with E-state index in [0.29, 0.717) is 5.82 Å². The maximum Gasteiger partial charge on any atom is 0.310 e. The van der Waals surface area contributed by atoms with E-state index in [4.69, 9.17) is 5.73 Å². The van der Waals surface area contributed by atoms with Crippen molar-refractivity contribution in [1.82, 2.24) is 9.97 Å². The third-order valence-corrected chi connectivity index (χ3v) is 1.71. The fourth-order valence-corrected chi connectivity index (χ4v) is 1.02. The molecular weight excluding hydrogens is 186 g/mol. The van der Waals surface area contributed by atoms with Crippen molar-refractivity contribution in [2.75, 3.05) is 12.8 Å². The summed E-state index contributed by atoms with van der Waals surface area (Å²) in [5.41, 5.74) is 5.23. The monoisotopic (exact) mass is 197 g/mol. The van der Waals surface area contributed by atoms with E-state index in [1.165, 1.54) is 7.11 Å². The second-order valence-corrected chi connectivity index (χ2v) is 2.77. The molecule has 1 heterocycles. The number of methoxy groups -OCH3 is 1. The summed E-state index contributed by atoms with van der Waals surface area (Å²) in [6, 6.07) is 0. The molecule has 6 nitrogen and oxygen atoms in total. The standard InChI is InChI=1S/C8H11N3O3/c1-4-10-7(9)5(8(13)11-4)3-6(12)14-2/h3H2,1-2H3,(H3,9,10,11,13). The number of H-pyrrole nitrogens is 1. The van der Waals surface area contributed by atoms with Crippen LogP contribution in [0.2, 0.25) is 0 Å². The molecule has 0 aliphatic rings. The highest BCUT2D eigenvalue weighted by atomic mass is 16.5. The number of nitrogens with zero attached hydrogens (tertiary/aromatic N) is 1. The first kappa shape index (κ1) is 10.2. The minimum Gasteiger partial charge on any atom is -0.469 e. The Morgan fingerprint density at radius 2 is 2.29 bits per heavy atom. The Balaban J connectivity index is 3.09. The number of ether oxygens (including phenoxy) is 1. The van der Waals surface area contributed by atoms with Crippen molar-refractivity contribution in [2.45, 2.75) is 13.3 Å². The molecule has 3 N–H and O–H groups in total. The molecular formula is C8H11N3O3. The molecule has 0 bridgehead atoms. The molecule has 0 aromatic carbocycles. The summed E-state index contributed by atoms with van der Waals surface area (Å²) in [4.78, 5) is 28.5. The number of aromatic amines is 1. The van der Waals surface area contributed by atoms with Crippen LogP contribution in [0.1, 0.15) is 11.4 Å². The summed E-state index contributed by atoms with van der Waals surface area (Å²) >= 11 is 0. The third kappa shape index (κ3) is 2.09. The van der Waals surface area contributed by atoms with Crippen molar-refractivity contribution in [3.05, 3.63) is 21.7 Å². The van der Waals surface area contributed by atoms with E-state index in [1.807, 2.05) is 0 Å². The van der Waals surface area contributed by atoms with Crippen LogP contribution in [0.15, 0.2) is 4.79 Å². The van der Waals surface area contributed by atoms with Crippen molar-refractivity contribution >= 4 is 11.8 Å². The Morgan fingerprint density at radius 1 is 1.64 bits per heavy atom. The van der Waals surface area contributed by atoms with Crippen LogP contribution in [0.3, 0.4) is 0 Å². The van der Waals surface area contributed by atoms with Crippen LogP contribution in [0, 0.1) is 6.92 Å². The first-order chi connectivity index (χ1) is 6.54. The van der Waals surface area contributed by atoms with Crippen molar-refractivity contribution in [1.29, 1.82) is 0 Å². The molecule has 1 aromatic rings. The fraction of sp³-hybridized carbons (Fsp3) is 0.375. The number of aromatic nitrogens is 2. The highest BCUT2D eigenvalue weighted by Crippen LogP contribution is 2.03. The number of nitrogen functional groups attached to an aromatic ring is 1. The maximum absolute atomic E-state index is 11.3. The number of nitrogens with two attached hydrogens (primary N) is 1. The van der Waals surface area contributed by atoms with Crippen molar-refractivity contribution in [3.63, 3.8) is 0 Å². The van der Waals surface area contributed by atoms with Gasteiger partial charge in [0, 0.05) is 0 Å². The van der Waals surface area contributed by atoms with Crippen LogP contribution in [0.5, 0.6) is 0 Å². The number of carbonyl (C=O) groups is 1. The van der Waals surface area contributed by atoms with Gasteiger partial charge >= 0.3 is 5.97 Å². The zero-order valence-electron chi connectivity index (χ0n) is 7.96. The average molecular weight is 197 g/mol. The summed E-state index contributed by atoms with van der Waals surface area (Å²) in [6.07, 6.45) is -0.162. The smallest absolute Gasteiger partial charge is 0.310 e. The lowest BCUT2D eigenvalue weighted by atomic mass is 10.2. The summed E-state index contributed by atoms with van der Waals surface area (Å²) in [5.74, 6) is -0.0365. The lowest BCUT2D eigenvalue weighted by molar-refractivity contribution is -0.139. The summed E-state index contributed by atoms with van der Waals surface area (Å²) in [5, 5.41) is 0. The van der Waals surface area contributed by atoms with Gasteiger partial charge in [-0.05, 0) is 6.92 Å². The molecule has 76 valence electrons. The van der Waals surface area contributed by atoms with Gasteiger partial charge in [-0.15, -0.1) is 0 Å². The molecule has 0 aliphatic carbocycles. The predicted octanol–water partition coefficient (Wildman–Crippen LogP) is -0.624. The molecule has 0 unspecified atom stereocenters. The number of hydrogen-bond acceptors (Lipinski definition) is 5. The lowest BCUT2D eigenvalue weighted by Gasteiger charge is -2.03. The van der Waals surface area contributed by atoms with E-state index < -0.39 is 11.5 Å². The van der Waals surface area contributed by atoms with Crippen molar-refractivity contribution in [3.8, 4) is 0 Å². The minimum atomic E-state index is -0.521. The van der Waals surface area contributed by atoms with Gasteiger partial charge in [-0.2, -0.15) is 0 Å². The van der Waals surface area contributed by atoms with E-state index in [-0.39, 0.29) is 17.8 Å². The molecule has 0 fully saturated rings. The number of nitrogens with one attached hydrogen (secondary N) is 1. The molecule has 0 atom stereocenters. The molecule has 1 aromatic heterocycles. The first-order valence-corrected chi connectivity index (χ1v) is 3.96. The molecule has 14 heavy (non-hydrogen) atoms. The van der Waals surface area contributed by atoms with Gasteiger partial charge in [-0.3, -0.25) is 9.59 Å². The predicted molar refractivity (Wildman–Crippen MR) is 49.7 cm³/mol. The highest BCUT2D eigenvalue weighted by molar-refractivity contribution is 5.73. The zero-order chi connectivity index (χ0) is 10.7. The number of anilines is 1. The Kier molecular flexibility index (Phi) is 2.85. The van der Waals surface area contributed by atoms with Gasteiger partial charge in [0.1, 0.15) is 11.6 Å². The molecule has 6 heteroatoms. The second-order valence-electron chi connectivity index (χ2n) is 2.77. The summed E-state index contributed by atoms with van der Waals surface area (Å²) in [6.45, 7) is 1.61. The molecule has 1 rings (SSSR count). The normalized spacial score (nSPS) is 9.86. The SMILES string of the molecule is COC(=O)Cc1c(N)nc(C)[nH]c1=O. The molecule has 0 saturated carbocycles. The summed E-state index contributed by atoms with van der Waals surface area (Å²) in [7, 11) is 1.24. The van der Waals surface area contributed by atoms with Gasteiger partial charge < -0.3 is 15.5 Å². The first-order valence-electron chi connectivity index (χ1n) is 3.96. The second kappa shape index (κ2) is 3.91. The van der Waals surface area contributed by atoms with E-state index >= 15 is 0 Å². The van der Waals surface area contributed by atoms with Gasteiger partial charge in [-0.25, -0.2) is 4.98 Å². The van der Waals surface area contributed by atoms with Crippen LogP contribution >= 0.6 is 0 Å². The number of aryl methyl sites for hydroxylation is 1. The third-order valence-electron chi connectivity index (χ3n) is 1.71. The maximum atomic E-state index is 11.3. The molecule has 0 amide bonds. The Bertz CT molecular complexity index is 411. The highest BCUT2D eigenvalue weighted by Gasteiger charge is 2.12. The number of carbonyl (C=O) groups excluding carboxylic acids is 1. The van der Waals surface area contributed by atoms with Gasteiger partial charge in [0.05, 0.1) is 19.1 Å². The van der Waals surface area contributed by atoms with E-state index in [9.17, 15) is 9.59 Å². The summed E-state index contributed by atoms with van der Waals surface area (Å²) < 4.78 is 4.42. The van der Waals surface area contributed by atoms with Gasteiger partial charge in [0.25, 0.3) is 5.56 Å². The van der Waals surface area contributed by atoms with Crippen LogP contribution < -0.4 is 11.3 Å². The number of esters is 1. The van der Waals surface area contributed by atoms with Crippen LogP contribution in [0.4, 0.5) is 5.82 Å². The van der Waals surface area contributed by atoms with Crippen molar-refractivity contribution in [2.24, 2.45) is 0 Å². The lowest BCUT2D eigenvalue weighted by Crippen LogP contribution is -2.21. The van der Waals surface area contributed by atoms with Gasteiger partial charge in [0.2, 0.25) is 0 Å². The van der Waals surface area contributed by atoms with E-state index in [1.54, 1.807) is 6.92 Å². The molecule has 0 saturated heterocycles. The molecule has 0 radical (unpaired) electrons. The largest absolute Gasteiger partial charge is 0.469 e. The number of rotatable bonds is 2. The van der Waals surface area contributed by atoms with Gasteiger partial charge in [0.15, 0.2) is 0 Å². The minimum absolute atomic E-state index is 0.0663. The van der Waals surface area contributed by atoms with Crippen LogP contribution in [0.25, 0.3) is 0 Å². The Morgan fingerprint density at radius 3 is 2.79 bits per heavy atom. The Hall–Kier alpha value is -1.85. The fourth-order valence-electron chi connectivity index (χ4n) is 1.02. The van der Waals surface area contributed by atoms with E-state index in [2.05, 4.69) is 14.7 Å². The van der Waals surface area contributed by atoms with Crippen LogP contribution in [-0.4, -0.2) is 23.0 Å². The van der Waals surface area contributed by atoms with Crippen LogP contribution in [-0.2, 0) is 16.0 Å².